The minimum absolute atomic E-state index is 0.211. The Morgan fingerprint density at radius 1 is 1.16 bits per heavy atom. The first-order valence-corrected chi connectivity index (χ1v) is 9.82. The molecule has 2 rings (SSSR count). The van der Waals surface area contributed by atoms with Gasteiger partial charge in [-0.1, -0.05) is 6.92 Å². The Morgan fingerprint density at radius 3 is 2.44 bits per heavy atom. The number of nitrogens with zero attached hydrogens (tertiary/aromatic N) is 3. The van der Waals surface area contributed by atoms with Crippen LogP contribution in [0.15, 0.2) is 4.99 Å². The third kappa shape index (κ3) is 6.72. The van der Waals surface area contributed by atoms with E-state index in [9.17, 15) is 4.79 Å². The zero-order valence-corrected chi connectivity index (χ0v) is 15.9. The molecule has 0 radical (unpaired) electrons. The quantitative estimate of drug-likeness (QED) is 0.560. The van der Waals surface area contributed by atoms with E-state index in [0.29, 0.717) is 31.7 Å². The summed E-state index contributed by atoms with van der Waals surface area (Å²) in [5, 5.41) is 3.30. The highest BCUT2D eigenvalue weighted by Crippen LogP contribution is 2.20. The van der Waals surface area contributed by atoms with Crippen LogP contribution in [0.25, 0.3) is 0 Å². The van der Waals surface area contributed by atoms with Crippen LogP contribution >= 0.6 is 0 Å². The van der Waals surface area contributed by atoms with Gasteiger partial charge in [0.05, 0.1) is 6.61 Å². The number of rotatable bonds is 6. The minimum atomic E-state index is -0.211. The normalized spacial score (nSPS) is 21.4. The fourth-order valence-corrected chi connectivity index (χ4v) is 3.63. The van der Waals surface area contributed by atoms with Gasteiger partial charge in [-0.05, 0) is 64.6 Å². The number of hydrogen-bond donors (Lipinski definition) is 2. The fourth-order valence-electron chi connectivity index (χ4n) is 3.63. The summed E-state index contributed by atoms with van der Waals surface area (Å²) in [7, 11) is 0. The van der Waals surface area contributed by atoms with E-state index in [4.69, 9.17) is 10.5 Å². The van der Waals surface area contributed by atoms with Crippen LogP contribution in [0.1, 0.15) is 46.0 Å². The molecular weight excluding hydrogens is 318 g/mol. The predicted molar refractivity (Wildman–Crippen MR) is 101 cm³/mol. The highest BCUT2D eigenvalue weighted by Gasteiger charge is 2.23. The molecule has 0 spiro atoms. The van der Waals surface area contributed by atoms with Crippen LogP contribution in [0.5, 0.6) is 0 Å². The lowest BCUT2D eigenvalue weighted by atomic mass is 9.94. The second-order valence-corrected chi connectivity index (χ2v) is 7.04. The predicted octanol–water partition coefficient (Wildman–Crippen LogP) is 1.63. The molecule has 0 saturated carbocycles. The molecule has 0 aromatic rings. The fraction of sp³-hybridized carbons (Fsp3) is 0.889. The van der Waals surface area contributed by atoms with E-state index < -0.39 is 0 Å². The second-order valence-electron chi connectivity index (χ2n) is 7.04. The summed E-state index contributed by atoms with van der Waals surface area (Å²) >= 11 is 0. The topological polar surface area (TPSA) is 83.2 Å². The number of hydrogen-bond acceptors (Lipinski definition) is 4. The van der Waals surface area contributed by atoms with E-state index in [0.717, 1.165) is 38.3 Å². The van der Waals surface area contributed by atoms with Crippen LogP contribution in [0, 0.1) is 5.92 Å². The van der Waals surface area contributed by atoms with Gasteiger partial charge >= 0.3 is 6.09 Å². The Bertz CT molecular complexity index is 427. The average Bonchev–Trinajstić information content (AvgIpc) is 2.63. The van der Waals surface area contributed by atoms with Gasteiger partial charge in [0.15, 0.2) is 5.96 Å². The zero-order valence-electron chi connectivity index (χ0n) is 15.9. The van der Waals surface area contributed by atoms with Crippen molar-refractivity contribution in [2.24, 2.45) is 16.6 Å². The van der Waals surface area contributed by atoms with Crippen molar-refractivity contribution in [2.75, 3.05) is 45.9 Å². The summed E-state index contributed by atoms with van der Waals surface area (Å²) in [6.07, 6.45) is 5.24. The Hall–Kier alpha value is -1.50. The molecule has 3 N–H and O–H groups in total. The van der Waals surface area contributed by atoms with Crippen LogP contribution in [-0.2, 0) is 4.74 Å². The number of nitrogens with one attached hydrogen (secondary N) is 1. The number of guanidine groups is 1. The van der Waals surface area contributed by atoms with Crippen LogP contribution in [0.3, 0.4) is 0 Å². The number of aliphatic imine (C=N–C) groups is 1. The third-order valence-corrected chi connectivity index (χ3v) is 5.35. The van der Waals surface area contributed by atoms with Crippen molar-refractivity contribution < 1.29 is 9.53 Å². The molecule has 2 saturated heterocycles. The van der Waals surface area contributed by atoms with Gasteiger partial charge in [-0.15, -0.1) is 0 Å². The molecular formula is C18H35N5O2. The molecule has 7 heteroatoms. The third-order valence-electron chi connectivity index (χ3n) is 5.35. The minimum Gasteiger partial charge on any atom is -0.450 e. The van der Waals surface area contributed by atoms with Crippen molar-refractivity contribution in [1.82, 2.24) is 15.1 Å². The number of amides is 1. The Labute approximate surface area is 152 Å². The summed E-state index contributed by atoms with van der Waals surface area (Å²) in [5.74, 6) is 1.33. The summed E-state index contributed by atoms with van der Waals surface area (Å²) in [6, 6.07) is 0.294. The van der Waals surface area contributed by atoms with Gasteiger partial charge in [0.1, 0.15) is 0 Å². The van der Waals surface area contributed by atoms with Gasteiger partial charge in [0.2, 0.25) is 0 Å². The van der Waals surface area contributed by atoms with Crippen LogP contribution in [0.2, 0.25) is 0 Å². The number of carbonyl (C=O) groups is 1. The van der Waals surface area contributed by atoms with Gasteiger partial charge in [0, 0.05) is 25.7 Å². The maximum Gasteiger partial charge on any atom is 0.409 e. The summed E-state index contributed by atoms with van der Waals surface area (Å²) in [4.78, 5) is 20.5. The standard InChI is InChI=1S/C18H35N5O2/c1-3-22-11-6-15(7-12-22)5-10-20-17(19)21-16-8-13-23(14-9-16)18(24)25-4-2/h15-16H,3-14H2,1-2H3,(H3,19,20,21). The molecule has 0 bridgehead atoms. The number of likely N-dealkylation sites (tertiary alicyclic amines) is 2. The second kappa shape index (κ2) is 10.5. The first-order valence-electron chi connectivity index (χ1n) is 9.82. The molecule has 25 heavy (non-hydrogen) atoms. The average molecular weight is 354 g/mol. The molecule has 1 amide bonds. The number of carbonyl (C=O) groups excluding carboxylic acids is 1. The largest absolute Gasteiger partial charge is 0.450 e. The summed E-state index contributed by atoms with van der Waals surface area (Å²) in [5.41, 5.74) is 6.03. The van der Waals surface area contributed by atoms with E-state index in [1.807, 2.05) is 6.92 Å². The Morgan fingerprint density at radius 2 is 1.84 bits per heavy atom. The van der Waals surface area contributed by atoms with Gasteiger partial charge < -0.3 is 25.6 Å². The molecule has 0 aliphatic carbocycles. The molecule has 7 nitrogen and oxygen atoms in total. The molecule has 0 unspecified atom stereocenters. The van der Waals surface area contributed by atoms with Gasteiger partial charge in [-0.25, -0.2) is 4.79 Å². The van der Waals surface area contributed by atoms with E-state index in [1.165, 1.54) is 25.9 Å². The lowest BCUT2D eigenvalue weighted by Crippen LogP contribution is -2.48. The van der Waals surface area contributed by atoms with E-state index >= 15 is 0 Å². The van der Waals surface area contributed by atoms with Crippen LogP contribution < -0.4 is 11.1 Å². The lowest BCUT2D eigenvalue weighted by molar-refractivity contribution is 0.0963. The van der Waals surface area contributed by atoms with Crippen LogP contribution in [-0.4, -0.2) is 73.8 Å². The van der Waals surface area contributed by atoms with Crippen LogP contribution in [0.4, 0.5) is 4.79 Å². The highest BCUT2D eigenvalue weighted by molar-refractivity contribution is 5.78. The number of nitrogens with two attached hydrogens (primary N) is 1. The SMILES string of the molecule is CCOC(=O)N1CCC(NC(N)=NCCC2CCN(CC)CC2)CC1. The van der Waals surface area contributed by atoms with Crippen molar-refractivity contribution in [3.05, 3.63) is 0 Å². The van der Waals surface area contributed by atoms with Crippen molar-refractivity contribution in [1.29, 1.82) is 0 Å². The number of piperidine rings is 2. The summed E-state index contributed by atoms with van der Waals surface area (Å²) < 4.78 is 5.04. The Kier molecular flexibility index (Phi) is 8.31. The molecule has 2 aliphatic heterocycles. The monoisotopic (exact) mass is 353 g/mol. The van der Waals surface area contributed by atoms with Crippen molar-refractivity contribution in [2.45, 2.75) is 52.0 Å². The molecule has 144 valence electrons. The van der Waals surface area contributed by atoms with Crippen molar-refractivity contribution >= 4 is 12.1 Å². The number of ether oxygens (including phenoxy) is 1. The molecule has 0 aromatic carbocycles. The molecule has 2 heterocycles. The highest BCUT2D eigenvalue weighted by atomic mass is 16.6. The first kappa shape index (κ1) is 19.8. The van der Waals surface area contributed by atoms with Gasteiger partial charge in [-0.2, -0.15) is 0 Å². The van der Waals surface area contributed by atoms with Gasteiger partial charge in [0.25, 0.3) is 0 Å². The smallest absolute Gasteiger partial charge is 0.409 e. The molecule has 2 fully saturated rings. The molecule has 0 atom stereocenters. The molecule has 2 aliphatic rings. The summed E-state index contributed by atoms with van der Waals surface area (Å²) in [6.45, 7) is 10.3. The maximum atomic E-state index is 11.7. The van der Waals surface area contributed by atoms with E-state index in [1.54, 1.807) is 4.90 Å². The van der Waals surface area contributed by atoms with E-state index in [-0.39, 0.29) is 6.09 Å². The Balaban J connectivity index is 1.61. The van der Waals surface area contributed by atoms with E-state index in [2.05, 4.69) is 22.1 Å². The maximum absolute atomic E-state index is 11.7. The first-order chi connectivity index (χ1) is 12.1. The van der Waals surface area contributed by atoms with Crippen molar-refractivity contribution in [3.8, 4) is 0 Å². The van der Waals surface area contributed by atoms with Crippen molar-refractivity contribution in [3.63, 3.8) is 0 Å². The van der Waals surface area contributed by atoms with Gasteiger partial charge in [-0.3, -0.25) is 4.99 Å². The molecule has 0 aromatic heterocycles. The lowest BCUT2D eigenvalue weighted by Gasteiger charge is -2.32. The zero-order chi connectivity index (χ0) is 18.1.